The average molecular weight is 493 g/mol. The molecule has 2 fully saturated rings. The fourth-order valence-electron chi connectivity index (χ4n) is 5.22. The Balaban J connectivity index is 1.27. The highest BCUT2D eigenvalue weighted by Crippen LogP contribution is 2.39. The van der Waals surface area contributed by atoms with Crippen LogP contribution in [0.3, 0.4) is 0 Å². The molecular formula is C24H25ClN8O2. The summed E-state index contributed by atoms with van der Waals surface area (Å²) < 4.78 is 2.24. The Morgan fingerprint density at radius 2 is 1.80 bits per heavy atom. The highest BCUT2D eigenvalue weighted by Gasteiger charge is 2.25. The second-order valence-corrected chi connectivity index (χ2v) is 9.38. The molecule has 180 valence electrons. The zero-order chi connectivity index (χ0) is 23.9. The zero-order valence-corrected chi connectivity index (χ0v) is 19.8. The van der Waals surface area contributed by atoms with Gasteiger partial charge in [0.05, 0.1) is 17.4 Å². The van der Waals surface area contributed by atoms with Crippen LogP contribution in [0.15, 0.2) is 36.8 Å². The van der Waals surface area contributed by atoms with Gasteiger partial charge in [0, 0.05) is 55.4 Å². The standard InChI is InChI=1S/C24H25ClN8O2/c25-21-20-17(7-8-26-21)18-14-28-23(30-22(18)33(20)15-3-1-2-4-15)29-19-6-5-16(13-27-19)31-9-11-32(12-10-31)24(34)35/h5-8,13-15H,1-4,9-12H2,(H,34,35)(H,27,28,29,30). The Labute approximate surface area is 206 Å². The summed E-state index contributed by atoms with van der Waals surface area (Å²) in [5.41, 5.74) is 2.74. The lowest BCUT2D eigenvalue weighted by Gasteiger charge is -2.34. The largest absolute Gasteiger partial charge is 0.465 e. The molecule has 10 nitrogen and oxygen atoms in total. The van der Waals surface area contributed by atoms with Gasteiger partial charge in [-0.05, 0) is 31.0 Å². The molecule has 1 saturated heterocycles. The first-order valence-corrected chi connectivity index (χ1v) is 12.2. The van der Waals surface area contributed by atoms with E-state index in [2.05, 4.69) is 29.7 Å². The predicted molar refractivity (Wildman–Crippen MR) is 135 cm³/mol. The number of fused-ring (bicyclic) bond motifs is 3. The molecule has 2 N–H and O–H groups in total. The molecule has 11 heteroatoms. The molecule has 5 heterocycles. The SMILES string of the molecule is O=C(O)N1CCN(c2ccc(Nc3ncc4c5ccnc(Cl)c5n(C5CCCC5)c4n3)nc2)CC1. The van der Waals surface area contributed by atoms with Gasteiger partial charge >= 0.3 is 6.09 Å². The lowest BCUT2D eigenvalue weighted by Crippen LogP contribution is -2.48. The first-order chi connectivity index (χ1) is 17.1. The number of rotatable bonds is 4. The lowest BCUT2D eigenvalue weighted by molar-refractivity contribution is 0.142. The molecular weight excluding hydrogens is 468 g/mol. The first-order valence-electron chi connectivity index (χ1n) is 11.9. The normalized spacial score (nSPS) is 16.9. The van der Waals surface area contributed by atoms with E-state index in [1.807, 2.05) is 24.4 Å². The number of piperazine rings is 1. The smallest absolute Gasteiger partial charge is 0.407 e. The summed E-state index contributed by atoms with van der Waals surface area (Å²) in [6.07, 6.45) is 9.07. The molecule has 0 bridgehead atoms. The lowest BCUT2D eigenvalue weighted by atomic mass is 10.2. The number of carboxylic acid groups (broad SMARTS) is 1. The Morgan fingerprint density at radius 1 is 1.00 bits per heavy atom. The topological polar surface area (TPSA) is 112 Å². The van der Waals surface area contributed by atoms with Gasteiger partial charge in [-0.2, -0.15) is 4.98 Å². The van der Waals surface area contributed by atoms with Crippen molar-refractivity contribution in [1.82, 2.24) is 29.4 Å². The van der Waals surface area contributed by atoms with Gasteiger partial charge in [-0.25, -0.2) is 19.7 Å². The third kappa shape index (κ3) is 3.97. The highest BCUT2D eigenvalue weighted by molar-refractivity contribution is 6.35. The van der Waals surface area contributed by atoms with Crippen molar-refractivity contribution in [3.63, 3.8) is 0 Å². The van der Waals surface area contributed by atoms with Crippen LogP contribution >= 0.6 is 11.6 Å². The number of hydrogen-bond donors (Lipinski definition) is 2. The molecule has 1 aliphatic carbocycles. The van der Waals surface area contributed by atoms with Gasteiger partial charge < -0.3 is 24.8 Å². The van der Waals surface area contributed by atoms with E-state index in [-0.39, 0.29) is 0 Å². The third-order valence-electron chi connectivity index (χ3n) is 7.00. The van der Waals surface area contributed by atoms with Crippen LogP contribution in [0, 0.1) is 0 Å². The van der Waals surface area contributed by atoms with Crippen LogP contribution in [-0.2, 0) is 0 Å². The number of amides is 1. The average Bonchev–Trinajstić information content (AvgIpc) is 3.51. The van der Waals surface area contributed by atoms with E-state index in [0.717, 1.165) is 40.5 Å². The van der Waals surface area contributed by atoms with Gasteiger partial charge in [0.2, 0.25) is 5.95 Å². The summed E-state index contributed by atoms with van der Waals surface area (Å²) in [4.78, 5) is 33.0. The summed E-state index contributed by atoms with van der Waals surface area (Å²) in [5, 5.41) is 14.8. The molecule has 35 heavy (non-hydrogen) atoms. The zero-order valence-electron chi connectivity index (χ0n) is 19.1. The second-order valence-electron chi connectivity index (χ2n) is 9.02. The van der Waals surface area contributed by atoms with E-state index in [1.165, 1.54) is 17.7 Å². The van der Waals surface area contributed by atoms with Crippen LogP contribution in [0.1, 0.15) is 31.7 Å². The van der Waals surface area contributed by atoms with Crippen LogP contribution in [-0.4, -0.2) is 66.8 Å². The van der Waals surface area contributed by atoms with Gasteiger partial charge in [0.1, 0.15) is 11.5 Å². The summed E-state index contributed by atoms with van der Waals surface area (Å²) in [6.45, 7) is 2.25. The molecule has 4 aromatic rings. The quantitative estimate of drug-likeness (QED) is 0.395. The van der Waals surface area contributed by atoms with Crippen molar-refractivity contribution in [1.29, 1.82) is 0 Å². The fraction of sp³-hybridized carbons (Fsp3) is 0.375. The number of halogens is 1. The summed E-state index contributed by atoms with van der Waals surface area (Å²) in [5.74, 6) is 1.11. The van der Waals surface area contributed by atoms with Crippen LogP contribution in [0.4, 0.5) is 22.2 Å². The Hall–Kier alpha value is -3.66. The maximum Gasteiger partial charge on any atom is 0.407 e. The van der Waals surface area contributed by atoms with Crippen molar-refractivity contribution < 1.29 is 9.90 Å². The summed E-state index contributed by atoms with van der Waals surface area (Å²) in [7, 11) is 0. The molecule has 0 aromatic carbocycles. The van der Waals surface area contributed by atoms with E-state index in [4.69, 9.17) is 21.7 Å². The van der Waals surface area contributed by atoms with Crippen LogP contribution in [0.2, 0.25) is 5.15 Å². The molecule has 2 aliphatic rings. The number of carbonyl (C=O) groups is 1. The Morgan fingerprint density at radius 3 is 2.51 bits per heavy atom. The van der Waals surface area contributed by atoms with Gasteiger partial charge in [-0.3, -0.25) is 0 Å². The van der Waals surface area contributed by atoms with Crippen molar-refractivity contribution >= 4 is 57.1 Å². The number of pyridine rings is 2. The summed E-state index contributed by atoms with van der Waals surface area (Å²) >= 11 is 6.54. The van der Waals surface area contributed by atoms with Crippen molar-refractivity contribution in [2.24, 2.45) is 0 Å². The molecule has 1 aliphatic heterocycles. The predicted octanol–water partition coefficient (Wildman–Crippen LogP) is 4.69. The number of anilines is 3. The fourth-order valence-corrected chi connectivity index (χ4v) is 5.47. The van der Waals surface area contributed by atoms with Gasteiger partial charge in [-0.1, -0.05) is 24.4 Å². The molecule has 0 atom stereocenters. The maximum atomic E-state index is 11.1. The van der Waals surface area contributed by atoms with E-state index < -0.39 is 6.09 Å². The molecule has 1 amide bonds. The van der Waals surface area contributed by atoms with Gasteiger partial charge in [-0.15, -0.1) is 0 Å². The Kier molecular flexibility index (Phi) is 5.52. The van der Waals surface area contributed by atoms with Crippen molar-refractivity contribution in [2.75, 3.05) is 36.4 Å². The third-order valence-corrected chi connectivity index (χ3v) is 7.28. The molecule has 6 rings (SSSR count). The number of hydrogen-bond acceptors (Lipinski definition) is 7. The molecule has 4 aromatic heterocycles. The second kappa shape index (κ2) is 8.84. The van der Waals surface area contributed by atoms with E-state index in [9.17, 15) is 4.79 Å². The molecule has 0 unspecified atom stereocenters. The van der Waals surface area contributed by atoms with E-state index >= 15 is 0 Å². The first kappa shape index (κ1) is 21.8. The molecule has 0 spiro atoms. The van der Waals surface area contributed by atoms with Crippen LogP contribution in [0.5, 0.6) is 0 Å². The minimum atomic E-state index is -0.871. The number of aromatic nitrogens is 5. The van der Waals surface area contributed by atoms with Crippen LogP contribution < -0.4 is 10.2 Å². The van der Waals surface area contributed by atoms with Crippen molar-refractivity contribution in [2.45, 2.75) is 31.7 Å². The van der Waals surface area contributed by atoms with Crippen LogP contribution in [0.25, 0.3) is 21.9 Å². The van der Waals surface area contributed by atoms with Gasteiger partial charge in [0.15, 0.2) is 5.15 Å². The van der Waals surface area contributed by atoms with E-state index in [1.54, 1.807) is 12.4 Å². The molecule has 1 saturated carbocycles. The highest BCUT2D eigenvalue weighted by atomic mass is 35.5. The van der Waals surface area contributed by atoms with Crippen molar-refractivity contribution in [3.05, 3.63) is 41.9 Å². The minimum absolute atomic E-state index is 0.346. The van der Waals surface area contributed by atoms with Crippen molar-refractivity contribution in [3.8, 4) is 0 Å². The summed E-state index contributed by atoms with van der Waals surface area (Å²) in [6, 6.07) is 6.19. The number of nitrogens with zero attached hydrogens (tertiary/aromatic N) is 7. The number of nitrogens with one attached hydrogen (secondary N) is 1. The maximum absolute atomic E-state index is 11.1. The monoisotopic (exact) mass is 492 g/mol. The van der Waals surface area contributed by atoms with E-state index in [0.29, 0.717) is 49.1 Å². The molecule has 0 radical (unpaired) electrons. The minimum Gasteiger partial charge on any atom is -0.465 e. The van der Waals surface area contributed by atoms with Gasteiger partial charge in [0.25, 0.3) is 0 Å². The Bertz CT molecular complexity index is 1390.